The normalized spacial score (nSPS) is 12.5. The van der Waals surface area contributed by atoms with Crippen LogP contribution in [0.3, 0.4) is 0 Å². The van der Waals surface area contributed by atoms with Crippen molar-refractivity contribution < 1.29 is 24.5 Å². The molecule has 6 nitrogen and oxygen atoms in total. The molecule has 0 heterocycles. The van der Waals surface area contributed by atoms with Crippen LogP contribution in [0, 0.1) is 0 Å². The van der Waals surface area contributed by atoms with Crippen molar-refractivity contribution in [2.75, 3.05) is 13.2 Å². The maximum Gasteiger partial charge on any atom is 0.305 e. The highest BCUT2D eigenvalue weighted by atomic mass is 16.5. The SMILES string of the molecule is CCCCCCCCCCCCCC/C=C/C(O)C(CO)NC(=O)CCCCCCCCCCCCCCCCCCCCCCCCCCCCCCCCCOC(=O)CCCCCCCCCCCCCCCCCC. The molecule has 6 heteroatoms. The molecule has 0 saturated heterocycles. The fraction of sp³-hybridized carbons (Fsp3) is 0.944. The van der Waals surface area contributed by atoms with Gasteiger partial charge in [0.15, 0.2) is 0 Å². The van der Waals surface area contributed by atoms with Crippen LogP contribution in [0.1, 0.15) is 412 Å². The summed E-state index contributed by atoms with van der Waals surface area (Å²) in [4.78, 5) is 24.6. The standard InChI is InChI=1S/C72H141NO5/c1-3-5-7-9-11-13-15-17-19-38-42-46-50-54-58-62-66-72(77)78-67-63-59-55-51-47-43-39-36-34-32-30-28-26-24-22-20-21-23-25-27-29-31-33-35-37-41-45-49-53-57-61-65-71(76)73-69(68-74)70(75)64-60-56-52-48-44-40-18-16-14-12-10-8-6-4-2/h60,64,69-70,74-75H,3-59,61-63,65-68H2,1-2H3,(H,73,76)/b64-60+. The third-order valence-electron chi connectivity index (χ3n) is 17.1. The van der Waals surface area contributed by atoms with Gasteiger partial charge >= 0.3 is 5.97 Å². The maximum absolute atomic E-state index is 12.5. The van der Waals surface area contributed by atoms with Crippen molar-refractivity contribution in [3.05, 3.63) is 12.2 Å². The number of nitrogens with one attached hydrogen (secondary N) is 1. The summed E-state index contributed by atoms with van der Waals surface area (Å²) in [5.41, 5.74) is 0. The first-order valence-corrected chi connectivity index (χ1v) is 36.0. The molecule has 464 valence electrons. The van der Waals surface area contributed by atoms with Crippen molar-refractivity contribution in [1.82, 2.24) is 5.32 Å². The number of allylic oxidation sites excluding steroid dienone is 1. The van der Waals surface area contributed by atoms with Gasteiger partial charge in [-0.05, 0) is 32.1 Å². The van der Waals surface area contributed by atoms with Crippen LogP contribution in [0.15, 0.2) is 12.2 Å². The van der Waals surface area contributed by atoms with Crippen LogP contribution in [0.25, 0.3) is 0 Å². The van der Waals surface area contributed by atoms with Gasteiger partial charge in [-0.2, -0.15) is 0 Å². The quantitative estimate of drug-likeness (QED) is 0.0320. The molecule has 0 aromatic rings. The van der Waals surface area contributed by atoms with Gasteiger partial charge in [-0.25, -0.2) is 0 Å². The summed E-state index contributed by atoms with van der Waals surface area (Å²) in [5, 5.41) is 23.1. The van der Waals surface area contributed by atoms with Crippen molar-refractivity contribution in [3.63, 3.8) is 0 Å². The molecular formula is C72H141NO5. The number of rotatable bonds is 68. The first kappa shape index (κ1) is 76.6. The number of aliphatic hydroxyl groups excluding tert-OH is 2. The largest absolute Gasteiger partial charge is 0.466 e. The summed E-state index contributed by atoms with van der Waals surface area (Å²) in [5.74, 6) is -0.0364. The molecule has 0 bridgehead atoms. The van der Waals surface area contributed by atoms with Crippen molar-refractivity contribution in [3.8, 4) is 0 Å². The molecule has 78 heavy (non-hydrogen) atoms. The van der Waals surface area contributed by atoms with E-state index in [2.05, 4.69) is 19.2 Å². The Labute approximate surface area is 489 Å². The Kier molecular flexibility index (Phi) is 66.9. The number of esters is 1. The van der Waals surface area contributed by atoms with E-state index in [1.165, 1.54) is 347 Å². The monoisotopic (exact) mass is 1100 g/mol. The van der Waals surface area contributed by atoms with Crippen LogP contribution >= 0.6 is 0 Å². The minimum atomic E-state index is -0.840. The molecule has 0 aliphatic heterocycles. The van der Waals surface area contributed by atoms with Gasteiger partial charge in [0.05, 0.1) is 25.4 Å². The number of carbonyl (C=O) groups is 2. The van der Waals surface area contributed by atoms with E-state index in [0.29, 0.717) is 19.4 Å². The van der Waals surface area contributed by atoms with Crippen molar-refractivity contribution in [2.24, 2.45) is 0 Å². The van der Waals surface area contributed by atoms with E-state index in [1.54, 1.807) is 6.08 Å². The molecule has 0 aromatic heterocycles. The highest BCUT2D eigenvalue weighted by molar-refractivity contribution is 5.76. The van der Waals surface area contributed by atoms with E-state index >= 15 is 0 Å². The zero-order chi connectivity index (χ0) is 56.4. The zero-order valence-electron chi connectivity index (χ0n) is 53.2. The first-order valence-electron chi connectivity index (χ1n) is 36.0. The van der Waals surface area contributed by atoms with Crippen molar-refractivity contribution >= 4 is 11.9 Å². The smallest absolute Gasteiger partial charge is 0.305 e. The summed E-state index contributed by atoms with van der Waals surface area (Å²) in [6.07, 6.45) is 84.5. The number of unbranched alkanes of at least 4 members (excludes halogenated alkanes) is 57. The molecule has 0 saturated carbocycles. The Morgan fingerprint density at radius 2 is 0.590 bits per heavy atom. The lowest BCUT2D eigenvalue weighted by molar-refractivity contribution is -0.143. The Balaban J connectivity index is 3.31. The van der Waals surface area contributed by atoms with E-state index < -0.39 is 12.1 Å². The van der Waals surface area contributed by atoms with Gasteiger partial charge in [0.25, 0.3) is 0 Å². The topological polar surface area (TPSA) is 95.9 Å². The van der Waals surface area contributed by atoms with Gasteiger partial charge in [0.1, 0.15) is 0 Å². The minimum absolute atomic E-state index is 0.0248. The van der Waals surface area contributed by atoms with Crippen LogP contribution in [0.5, 0.6) is 0 Å². The van der Waals surface area contributed by atoms with Gasteiger partial charge < -0.3 is 20.3 Å². The number of amides is 1. The van der Waals surface area contributed by atoms with Crippen LogP contribution in [0.4, 0.5) is 0 Å². The van der Waals surface area contributed by atoms with Gasteiger partial charge in [0.2, 0.25) is 5.91 Å². The fourth-order valence-electron chi connectivity index (χ4n) is 11.6. The number of hydrogen-bond donors (Lipinski definition) is 3. The van der Waals surface area contributed by atoms with Crippen LogP contribution in [-0.4, -0.2) is 47.4 Å². The van der Waals surface area contributed by atoms with Crippen LogP contribution in [-0.2, 0) is 14.3 Å². The molecular weight excluding hydrogens is 959 g/mol. The lowest BCUT2D eigenvalue weighted by atomic mass is 10.0. The third-order valence-corrected chi connectivity index (χ3v) is 17.1. The molecule has 3 N–H and O–H groups in total. The minimum Gasteiger partial charge on any atom is -0.466 e. The Morgan fingerprint density at radius 1 is 0.346 bits per heavy atom. The third kappa shape index (κ3) is 63.8. The van der Waals surface area contributed by atoms with Crippen LogP contribution < -0.4 is 5.32 Å². The lowest BCUT2D eigenvalue weighted by Crippen LogP contribution is -2.45. The second-order valence-electron chi connectivity index (χ2n) is 24.9. The molecule has 0 radical (unpaired) electrons. The summed E-state index contributed by atoms with van der Waals surface area (Å²) >= 11 is 0. The average molecular weight is 1100 g/mol. The molecule has 0 aromatic carbocycles. The van der Waals surface area contributed by atoms with Crippen LogP contribution in [0.2, 0.25) is 0 Å². The Bertz CT molecular complexity index is 1180. The highest BCUT2D eigenvalue weighted by Gasteiger charge is 2.18. The summed E-state index contributed by atoms with van der Waals surface area (Å²) in [6, 6.07) is -0.623. The molecule has 0 spiro atoms. The highest BCUT2D eigenvalue weighted by Crippen LogP contribution is 2.19. The average Bonchev–Trinajstić information content (AvgIpc) is 3.44. The van der Waals surface area contributed by atoms with Gasteiger partial charge in [-0.1, -0.05) is 379 Å². The molecule has 0 aliphatic rings. The Morgan fingerprint density at radius 3 is 0.872 bits per heavy atom. The summed E-state index contributed by atoms with van der Waals surface area (Å²) < 4.78 is 5.51. The number of carbonyl (C=O) groups excluding carboxylic acids is 2. The number of aliphatic hydroxyl groups is 2. The number of hydrogen-bond acceptors (Lipinski definition) is 5. The fourth-order valence-corrected chi connectivity index (χ4v) is 11.6. The summed E-state index contributed by atoms with van der Waals surface area (Å²) in [7, 11) is 0. The second kappa shape index (κ2) is 68.1. The van der Waals surface area contributed by atoms with E-state index in [4.69, 9.17) is 4.74 Å². The maximum atomic E-state index is 12.5. The van der Waals surface area contributed by atoms with Gasteiger partial charge in [-0.15, -0.1) is 0 Å². The summed E-state index contributed by atoms with van der Waals surface area (Å²) in [6.45, 7) is 4.95. The predicted molar refractivity (Wildman–Crippen MR) is 343 cm³/mol. The van der Waals surface area contributed by atoms with Crippen molar-refractivity contribution in [1.29, 1.82) is 0 Å². The zero-order valence-corrected chi connectivity index (χ0v) is 53.2. The Hall–Kier alpha value is -1.40. The van der Waals surface area contributed by atoms with Gasteiger partial charge in [0, 0.05) is 12.8 Å². The van der Waals surface area contributed by atoms with Gasteiger partial charge in [-0.3, -0.25) is 9.59 Å². The molecule has 2 atom stereocenters. The predicted octanol–water partition coefficient (Wildman–Crippen LogP) is 23.1. The van der Waals surface area contributed by atoms with E-state index in [9.17, 15) is 19.8 Å². The molecule has 0 rings (SSSR count). The van der Waals surface area contributed by atoms with Crippen molar-refractivity contribution in [2.45, 2.75) is 424 Å². The number of ether oxygens (including phenoxy) is 1. The van der Waals surface area contributed by atoms with E-state index in [-0.39, 0.29) is 18.5 Å². The van der Waals surface area contributed by atoms with E-state index in [1.807, 2.05) is 6.08 Å². The van der Waals surface area contributed by atoms with E-state index in [0.717, 1.165) is 38.5 Å². The molecule has 2 unspecified atom stereocenters. The molecule has 0 fully saturated rings. The first-order chi connectivity index (χ1) is 38.5. The molecule has 0 aliphatic carbocycles. The second-order valence-corrected chi connectivity index (χ2v) is 24.9. The lowest BCUT2D eigenvalue weighted by Gasteiger charge is -2.20. The molecule has 1 amide bonds.